The van der Waals surface area contributed by atoms with E-state index in [2.05, 4.69) is 17.1 Å². The minimum atomic E-state index is -0.463. The minimum Gasteiger partial charge on any atom is -0.456 e. The number of para-hydroxylation sites is 1. The third kappa shape index (κ3) is 4.84. The number of nitrogens with one attached hydrogen (secondary N) is 1. The molecule has 0 saturated carbocycles. The van der Waals surface area contributed by atoms with Gasteiger partial charge in [0.05, 0.1) is 18.0 Å². The van der Waals surface area contributed by atoms with Crippen LogP contribution in [-0.2, 0) is 4.79 Å². The molecule has 1 saturated heterocycles. The monoisotopic (exact) mass is 392 g/mol. The number of fused-ring (bicyclic) bond motifs is 1. The minimum absolute atomic E-state index is 0.0144. The average molecular weight is 392 g/mol. The molecule has 2 heterocycles. The lowest BCUT2D eigenvalue weighted by atomic mass is 10.0. The van der Waals surface area contributed by atoms with Crippen LogP contribution < -0.4 is 15.7 Å². The van der Waals surface area contributed by atoms with Crippen molar-refractivity contribution in [1.82, 2.24) is 4.90 Å². The maximum absolute atomic E-state index is 12.3. The first-order chi connectivity index (χ1) is 14.1. The summed E-state index contributed by atoms with van der Waals surface area (Å²) in [5.74, 6) is 1.64. The van der Waals surface area contributed by atoms with Crippen LogP contribution in [0.5, 0.6) is 11.5 Å². The first kappa shape index (κ1) is 19.2. The topological polar surface area (TPSA) is 71.8 Å². The lowest BCUT2D eigenvalue weighted by Crippen LogP contribution is -2.39. The van der Waals surface area contributed by atoms with Gasteiger partial charge in [-0.05, 0) is 61.7 Å². The SMILES string of the molecule is C[C@H]1CCCN(CC(=O)Nc2ccc(Oc3cc(=O)oc4ccccc34)cc2)C1. The van der Waals surface area contributed by atoms with Crippen molar-refractivity contribution in [1.29, 1.82) is 0 Å². The van der Waals surface area contributed by atoms with Crippen molar-refractivity contribution in [3.05, 3.63) is 65.0 Å². The van der Waals surface area contributed by atoms with Gasteiger partial charge in [-0.1, -0.05) is 19.1 Å². The van der Waals surface area contributed by atoms with E-state index in [4.69, 9.17) is 9.15 Å². The van der Waals surface area contributed by atoms with Crippen LogP contribution in [0.3, 0.4) is 0 Å². The summed E-state index contributed by atoms with van der Waals surface area (Å²) < 4.78 is 11.1. The van der Waals surface area contributed by atoms with Crippen LogP contribution in [0.4, 0.5) is 5.69 Å². The number of anilines is 1. The molecule has 0 bridgehead atoms. The second-order valence-electron chi connectivity index (χ2n) is 7.58. The van der Waals surface area contributed by atoms with E-state index in [1.165, 1.54) is 12.5 Å². The number of benzene rings is 2. The molecule has 1 amide bonds. The van der Waals surface area contributed by atoms with Crippen LogP contribution >= 0.6 is 0 Å². The van der Waals surface area contributed by atoms with Crippen molar-refractivity contribution < 1.29 is 13.9 Å². The number of nitrogens with zero attached hydrogens (tertiary/aromatic N) is 1. The molecule has 0 spiro atoms. The lowest BCUT2D eigenvalue weighted by Gasteiger charge is -2.30. The predicted octanol–water partition coefficient (Wildman–Crippen LogP) is 4.26. The number of ether oxygens (including phenoxy) is 1. The normalized spacial score (nSPS) is 17.2. The van der Waals surface area contributed by atoms with Crippen LogP contribution in [0.25, 0.3) is 11.0 Å². The molecule has 150 valence electrons. The molecule has 4 rings (SSSR count). The zero-order valence-electron chi connectivity index (χ0n) is 16.4. The molecular weight excluding hydrogens is 368 g/mol. The smallest absolute Gasteiger partial charge is 0.339 e. The Labute approximate surface area is 169 Å². The van der Waals surface area contributed by atoms with Gasteiger partial charge in [0.15, 0.2) is 0 Å². The molecule has 3 aromatic rings. The van der Waals surface area contributed by atoms with Crippen molar-refractivity contribution in [2.24, 2.45) is 5.92 Å². The van der Waals surface area contributed by atoms with Crippen LogP contribution in [0.1, 0.15) is 19.8 Å². The van der Waals surface area contributed by atoms with Gasteiger partial charge in [0, 0.05) is 12.2 Å². The largest absolute Gasteiger partial charge is 0.456 e. The van der Waals surface area contributed by atoms with E-state index in [1.54, 1.807) is 36.4 Å². The number of carbonyl (C=O) groups excluding carboxylic acids is 1. The number of likely N-dealkylation sites (tertiary alicyclic amines) is 1. The Morgan fingerprint density at radius 1 is 1.21 bits per heavy atom. The molecule has 1 N–H and O–H groups in total. The van der Waals surface area contributed by atoms with Gasteiger partial charge in [-0.15, -0.1) is 0 Å². The molecule has 29 heavy (non-hydrogen) atoms. The molecule has 1 aromatic heterocycles. The number of amides is 1. The van der Waals surface area contributed by atoms with Crippen molar-refractivity contribution >= 4 is 22.6 Å². The van der Waals surface area contributed by atoms with E-state index in [9.17, 15) is 9.59 Å². The van der Waals surface area contributed by atoms with E-state index < -0.39 is 5.63 Å². The van der Waals surface area contributed by atoms with Crippen LogP contribution in [0.15, 0.2) is 63.8 Å². The highest BCUT2D eigenvalue weighted by Gasteiger charge is 2.18. The van der Waals surface area contributed by atoms with E-state index in [-0.39, 0.29) is 5.91 Å². The Morgan fingerprint density at radius 2 is 2.00 bits per heavy atom. The molecule has 6 heteroatoms. The standard InChI is InChI=1S/C23H24N2O4/c1-16-5-4-12-25(14-16)15-22(26)24-17-8-10-18(11-9-17)28-21-13-23(27)29-20-7-3-2-6-19(20)21/h2-3,6-11,13,16H,4-5,12,14-15H2,1H3,(H,24,26)/t16-/m0/s1. The summed E-state index contributed by atoms with van der Waals surface area (Å²) in [6.07, 6.45) is 2.38. The Balaban J connectivity index is 1.41. The highest BCUT2D eigenvalue weighted by atomic mass is 16.5. The number of piperidine rings is 1. The Hall–Kier alpha value is -3.12. The highest BCUT2D eigenvalue weighted by Crippen LogP contribution is 2.29. The number of carbonyl (C=O) groups is 1. The quantitative estimate of drug-likeness (QED) is 0.657. The third-order valence-electron chi connectivity index (χ3n) is 5.09. The summed E-state index contributed by atoms with van der Waals surface area (Å²) in [5.41, 5.74) is 0.727. The molecule has 1 fully saturated rings. The van der Waals surface area contributed by atoms with Gasteiger partial charge in [-0.3, -0.25) is 9.69 Å². The van der Waals surface area contributed by atoms with E-state index in [0.717, 1.165) is 24.9 Å². The first-order valence-corrected chi connectivity index (χ1v) is 9.90. The fourth-order valence-electron chi connectivity index (χ4n) is 3.73. The predicted molar refractivity (Wildman–Crippen MR) is 112 cm³/mol. The van der Waals surface area contributed by atoms with Crippen molar-refractivity contribution in [3.63, 3.8) is 0 Å². The van der Waals surface area contributed by atoms with Crippen molar-refractivity contribution in [2.75, 3.05) is 25.0 Å². The number of rotatable bonds is 5. The number of hydrogen-bond donors (Lipinski definition) is 1. The maximum atomic E-state index is 12.3. The molecule has 0 radical (unpaired) electrons. The second kappa shape index (κ2) is 8.49. The summed E-state index contributed by atoms with van der Waals surface area (Å²) in [7, 11) is 0. The Bertz CT molecular complexity index is 1060. The highest BCUT2D eigenvalue weighted by molar-refractivity contribution is 5.92. The van der Waals surface area contributed by atoms with Gasteiger partial charge in [0.1, 0.15) is 17.1 Å². The first-order valence-electron chi connectivity index (χ1n) is 9.90. The summed E-state index contributed by atoms with van der Waals surface area (Å²) >= 11 is 0. The fraction of sp³-hybridized carbons (Fsp3) is 0.304. The van der Waals surface area contributed by atoms with Gasteiger partial charge in [-0.25, -0.2) is 4.79 Å². The van der Waals surface area contributed by atoms with Crippen LogP contribution in [-0.4, -0.2) is 30.4 Å². The van der Waals surface area contributed by atoms with Crippen molar-refractivity contribution in [2.45, 2.75) is 19.8 Å². The van der Waals surface area contributed by atoms with Gasteiger partial charge in [0.2, 0.25) is 5.91 Å². The summed E-state index contributed by atoms with van der Waals surface area (Å²) in [4.78, 5) is 26.3. The van der Waals surface area contributed by atoms with Gasteiger partial charge >= 0.3 is 5.63 Å². The van der Waals surface area contributed by atoms with Gasteiger partial charge in [0.25, 0.3) is 0 Å². The summed E-state index contributed by atoms with van der Waals surface area (Å²) in [6, 6.07) is 15.7. The molecule has 0 aliphatic carbocycles. The average Bonchev–Trinajstić information content (AvgIpc) is 2.69. The molecule has 0 unspecified atom stereocenters. The van der Waals surface area contributed by atoms with Crippen molar-refractivity contribution in [3.8, 4) is 11.5 Å². The summed E-state index contributed by atoms with van der Waals surface area (Å²) in [6.45, 7) is 4.58. The molecule has 1 atom stereocenters. The molecule has 6 nitrogen and oxygen atoms in total. The maximum Gasteiger partial charge on any atom is 0.339 e. The molecule has 1 aliphatic heterocycles. The van der Waals surface area contributed by atoms with E-state index in [1.807, 2.05) is 12.1 Å². The van der Waals surface area contributed by atoms with Gasteiger partial charge in [-0.2, -0.15) is 0 Å². The second-order valence-corrected chi connectivity index (χ2v) is 7.58. The van der Waals surface area contributed by atoms with E-state index in [0.29, 0.717) is 35.2 Å². The zero-order chi connectivity index (χ0) is 20.2. The van der Waals surface area contributed by atoms with Gasteiger partial charge < -0.3 is 14.5 Å². The zero-order valence-corrected chi connectivity index (χ0v) is 16.4. The summed E-state index contributed by atoms with van der Waals surface area (Å²) in [5, 5.41) is 3.66. The molecule has 2 aromatic carbocycles. The van der Waals surface area contributed by atoms with Crippen LogP contribution in [0.2, 0.25) is 0 Å². The number of hydrogen-bond acceptors (Lipinski definition) is 5. The fourth-order valence-corrected chi connectivity index (χ4v) is 3.73. The van der Waals surface area contributed by atoms with E-state index >= 15 is 0 Å². The third-order valence-corrected chi connectivity index (χ3v) is 5.09. The molecule has 1 aliphatic rings. The van der Waals surface area contributed by atoms with Crippen LogP contribution in [0, 0.1) is 5.92 Å². The Kier molecular flexibility index (Phi) is 5.62. The Morgan fingerprint density at radius 3 is 2.79 bits per heavy atom. The molecular formula is C23H24N2O4. The lowest BCUT2D eigenvalue weighted by molar-refractivity contribution is -0.117.